The molecule has 0 aromatic heterocycles. The van der Waals surface area contributed by atoms with E-state index in [1.165, 1.54) is 0 Å². The molecule has 0 aliphatic rings. The van der Waals surface area contributed by atoms with Gasteiger partial charge in [-0.1, -0.05) is 0 Å². The van der Waals surface area contributed by atoms with Gasteiger partial charge in [0.1, 0.15) is 0 Å². The van der Waals surface area contributed by atoms with Crippen molar-refractivity contribution in [1.29, 1.82) is 10.8 Å². The van der Waals surface area contributed by atoms with E-state index < -0.39 is 0 Å². The maximum Gasteiger partial charge on any atom is 0.0994 e. The zero-order valence-corrected chi connectivity index (χ0v) is 7.05. The Hall–Kier alpha value is -1.69. The lowest BCUT2D eigenvalue weighted by Crippen LogP contribution is -1.86. The van der Waals surface area contributed by atoms with Gasteiger partial charge in [-0.15, -0.1) is 0 Å². The predicted molar refractivity (Wildman–Crippen MR) is 45.4 cm³/mol. The highest BCUT2D eigenvalue weighted by atomic mass is 15.0. The van der Waals surface area contributed by atoms with Crippen LogP contribution in [0.4, 0.5) is 5.69 Å². The van der Waals surface area contributed by atoms with Gasteiger partial charge in [0, 0.05) is 0 Å². The van der Waals surface area contributed by atoms with Crippen LogP contribution in [0.1, 0.15) is 16.7 Å². The molecule has 1 aromatic rings. The zero-order valence-electron chi connectivity index (χ0n) is 7.05. The van der Waals surface area contributed by atoms with Gasteiger partial charge >= 0.3 is 0 Å². The molecule has 0 bridgehead atoms. The van der Waals surface area contributed by atoms with Crippen molar-refractivity contribution in [2.45, 2.75) is 13.8 Å². The van der Waals surface area contributed by atoms with Crippen molar-refractivity contribution in [2.75, 3.05) is 0 Å². The molecular weight excluding hydrogens is 150 g/mol. The Kier molecular flexibility index (Phi) is 2.20. The molecule has 0 saturated heterocycles. The lowest BCUT2D eigenvalue weighted by molar-refractivity contribution is 1.12. The fourth-order valence-corrected chi connectivity index (χ4v) is 1.05. The molecule has 0 saturated carbocycles. The normalized spacial score (nSPS) is 9.08. The summed E-state index contributed by atoms with van der Waals surface area (Å²) < 4.78 is 0. The Labute approximate surface area is 71.2 Å². The number of nitriles is 1. The number of nitrogens with one attached hydrogen (secondary N) is 1. The van der Waals surface area contributed by atoms with Gasteiger partial charge in [0.05, 0.1) is 17.3 Å². The third kappa shape index (κ3) is 1.19. The van der Waals surface area contributed by atoms with Crippen molar-refractivity contribution in [3.05, 3.63) is 28.8 Å². The molecule has 60 valence electrons. The van der Waals surface area contributed by atoms with Gasteiger partial charge in [-0.3, -0.25) is 0 Å². The van der Waals surface area contributed by atoms with Crippen LogP contribution in [0.3, 0.4) is 0 Å². The van der Waals surface area contributed by atoms with Crippen molar-refractivity contribution < 1.29 is 0 Å². The summed E-state index contributed by atoms with van der Waals surface area (Å²) in [5.41, 5.74) is 9.95. The molecular formula is C9H9N3. The molecule has 0 radical (unpaired) electrons. The topological polar surface area (TPSA) is 60.0 Å². The monoisotopic (exact) mass is 159 g/mol. The van der Waals surface area contributed by atoms with E-state index in [1.807, 2.05) is 13.8 Å². The molecule has 0 fully saturated rings. The molecule has 3 heteroatoms. The molecule has 12 heavy (non-hydrogen) atoms. The highest BCUT2D eigenvalue weighted by molar-refractivity contribution is 5.54. The second-order valence-corrected chi connectivity index (χ2v) is 2.61. The standard InChI is InChI=1S/C9H9N3/c1-6-7(2)9(12-11)4-3-8(6)5-10/h3-4,11H,1-2H3. The molecule has 1 N–H and O–H groups in total. The van der Waals surface area contributed by atoms with Crippen LogP contribution in [0, 0.1) is 30.7 Å². The molecule has 0 aliphatic carbocycles. The highest BCUT2D eigenvalue weighted by Crippen LogP contribution is 2.23. The Bertz CT molecular complexity index is 361. The van der Waals surface area contributed by atoms with E-state index in [1.54, 1.807) is 12.1 Å². The number of hydrogen-bond acceptors (Lipinski definition) is 3. The molecule has 0 heterocycles. The van der Waals surface area contributed by atoms with Crippen LogP contribution >= 0.6 is 0 Å². The second kappa shape index (κ2) is 3.14. The van der Waals surface area contributed by atoms with E-state index in [0.717, 1.165) is 11.1 Å². The third-order valence-electron chi connectivity index (χ3n) is 2.00. The maximum absolute atomic E-state index is 8.68. The number of rotatable bonds is 1. The minimum atomic E-state index is 0.631. The van der Waals surface area contributed by atoms with Gasteiger partial charge < -0.3 is 0 Å². The van der Waals surface area contributed by atoms with E-state index in [4.69, 9.17) is 10.8 Å². The van der Waals surface area contributed by atoms with Crippen molar-refractivity contribution >= 4 is 5.69 Å². The first-order valence-corrected chi connectivity index (χ1v) is 3.58. The fourth-order valence-electron chi connectivity index (χ4n) is 1.05. The summed E-state index contributed by atoms with van der Waals surface area (Å²) in [5, 5.41) is 12.0. The van der Waals surface area contributed by atoms with E-state index in [-0.39, 0.29) is 0 Å². The van der Waals surface area contributed by atoms with Gasteiger partial charge in [-0.25, -0.2) is 5.53 Å². The Balaban J connectivity index is 3.41. The summed E-state index contributed by atoms with van der Waals surface area (Å²) in [6.07, 6.45) is 0. The fraction of sp³-hybridized carbons (Fsp3) is 0.222. The Morgan fingerprint density at radius 1 is 1.33 bits per heavy atom. The van der Waals surface area contributed by atoms with Crippen molar-refractivity contribution in [2.24, 2.45) is 5.11 Å². The van der Waals surface area contributed by atoms with Gasteiger partial charge in [-0.2, -0.15) is 10.4 Å². The summed E-state index contributed by atoms with van der Waals surface area (Å²) in [6.45, 7) is 3.73. The number of hydrogen-bond donors (Lipinski definition) is 1. The van der Waals surface area contributed by atoms with Crippen LogP contribution in [0.25, 0.3) is 0 Å². The van der Waals surface area contributed by atoms with Crippen LogP contribution in [-0.4, -0.2) is 0 Å². The summed E-state index contributed by atoms with van der Waals surface area (Å²) in [6, 6.07) is 5.46. The lowest BCUT2D eigenvalue weighted by atomic mass is 10.0. The summed E-state index contributed by atoms with van der Waals surface area (Å²) in [5.74, 6) is 0. The molecule has 3 nitrogen and oxygen atoms in total. The summed E-state index contributed by atoms with van der Waals surface area (Å²) in [7, 11) is 0. The molecule has 0 spiro atoms. The van der Waals surface area contributed by atoms with E-state index in [9.17, 15) is 0 Å². The third-order valence-corrected chi connectivity index (χ3v) is 2.00. The Morgan fingerprint density at radius 2 is 2.00 bits per heavy atom. The minimum Gasteiger partial charge on any atom is -0.204 e. The summed E-state index contributed by atoms with van der Waals surface area (Å²) in [4.78, 5) is 0. The molecule has 0 amide bonds. The first kappa shape index (κ1) is 8.41. The smallest absolute Gasteiger partial charge is 0.0994 e. The number of nitrogens with zero attached hydrogens (tertiary/aromatic N) is 2. The molecule has 0 aliphatic heterocycles. The van der Waals surface area contributed by atoms with Crippen LogP contribution in [0.5, 0.6) is 0 Å². The average Bonchev–Trinajstić information content (AvgIpc) is 2.10. The number of benzene rings is 1. The second-order valence-electron chi connectivity index (χ2n) is 2.61. The Morgan fingerprint density at radius 3 is 2.50 bits per heavy atom. The van der Waals surface area contributed by atoms with Gasteiger partial charge in [0.25, 0.3) is 0 Å². The van der Waals surface area contributed by atoms with Gasteiger partial charge in [0.2, 0.25) is 0 Å². The predicted octanol–water partition coefficient (Wildman–Crippen LogP) is 2.84. The highest BCUT2D eigenvalue weighted by Gasteiger charge is 2.03. The van der Waals surface area contributed by atoms with Crippen molar-refractivity contribution in [3.63, 3.8) is 0 Å². The molecule has 0 atom stereocenters. The zero-order chi connectivity index (χ0) is 9.14. The first-order chi connectivity index (χ1) is 5.70. The van der Waals surface area contributed by atoms with E-state index in [2.05, 4.69) is 11.2 Å². The minimum absolute atomic E-state index is 0.631. The lowest BCUT2D eigenvalue weighted by Gasteiger charge is -2.03. The van der Waals surface area contributed by atoms with Gasteiger partial charge in [0.15, 0.2) is 0 Å². The SMILES string of the molecule is Cc1c(C#N)ccc(N=N)c1C. The van der Waals surface area contributed by atoms with Crippen LogP contribution in [-0.2, 0) is 0 Å². The first-order valence-electron chi connectivity index (χ1n) is 3.58. The van der Waals surface area contributed by atoms with Crippen molar-refractivity contribution in [3.8, 4) is 6.07 Å². The molecule has 1 rings (SSSR count). The average molecular weight is 159 g/mol. The summed E-state index contributed by atoms with van der Waals surface area (Å²) >= 11 is 0. The van der Waals surface area contributed by atoms with Crippen LogP contribution in [0.15, 0.2) is 17.2 Å². The maximum atomic E-state index is 8.68. The van der Waals surface area contributed by atoms with E-state index >= 15 is 0 Å². The largest absolute Gasteiger partial charge is 0.204 e. The molecule has 0 unspecified atom stereocenters. The van der Waals surface area contributed by atoms with E-state index in [0.29, 0.717) is 11.3 Å². The van der Waals surface area contributed by atoms with Gasteiger partial charge in [-0.05, 0) is 37.1 Å². The quantitative estimate of drug-likeness (QED) is 0.629. The molecule has 1 aromatic carbocycles. The van der Waals surface area contributed by atoms with Crippen molar-refractivity contribution in [1.82, 2.24) is 0 Å². The van der Waals surface area contributed by atoms with Crippen LogP contribution < -0.4 is 0 Å². The van der Waals surface area contributed by atoms with Crippen LogP contribution in [0.2, 0.25) is 0 Å².